The summed E-state index contributed by atoms with van der Waals surface area (Å²) in [5.74, 6) is -0.289. The molecule has 1 aliphatic heterocycles. The first-order valence-corrected chi connectivity index (χ1v) is 8.37. The Morgan fingerprint density at radius 2 is 2.14 bits per heavy atom. The molecule has 2 aliphatic rings. The summed E-state index contributed by atoms with van der Waals surface area (Å²) in [6, 6.07) is 6.63. The molecule has 3 rings (SSSR count). The van der Waals surface area contributed by atoms with Crippen LogP contribution >= 0.6 is 0 Å². The molecule has 2 fully saturated rings. The predicted octanol–water partition coefficient (Wildman–Crippen LogP) is 3.32. The molecule has 22 heavy (non-hydrogen) atoms. The van der Waals surface area contributed by atoms with Gasteiger partial charge in [-0.25, -0.2) is 4.39 Å². The van der Waals surface area contributed by atoms with Crippen molar-refractivity contribution in [2.24, 2.45) is 0 Å². The second-order valence-corrected chi connectivity index (χ2v) is 6.45. The molecule has 1 aromatic carbocycles. The van der Waals surface area contributed by atoms with E-state index in [9.17, 15) is 9.18 Å². The highest BCUT2D eigenvalue weighted by atomic mass is 19.1. The van der Waals surface area contributed by atoms with E-state index < -0.39 is 5.41 Å². The summed E-state index contributed by atoms with van der Waals surface area (Å²) in [5.41, 5.74) is -0.0632. The third-order valence-corrected chi connectivity index (χ3v) is 4.84. The van der Waals surface area contributed by atoms with Gasteiger partial charge in [-0.15, -0.1) is 0 Å². The number of nitrogens with one attached hydrogen (secondary N) is 1. The average molecular weight is 305 g/mol. The van der Waals surface area contributed by atoms with Crippen molar-refractivity contribution < 1.29 is 13.9 Å². The van der Waals surface area contributed by atoms with Crippen molar-refractivity contribution >= 4 is 5.91 Å². The van der Waals surface area contributed by atoms with Crippen LogP contribution in [0.2, 0.25) is 0 Å². The third-order valence-electron chi connectivity index (χ3n) is 4.84. The monoisotopic (exact) mass is 305 g/mol. The van der Waals surface area contributed by atoms with E-state index in [4.69, 9.17) is 4.74 Å². The quantitative estimate of drug-likeness (QED) is 0.785. The fraction of sp³-hybridized carbons (Fsp3) is 0.611. The molecule has 1 amide bonds. The first kappa shape index (κ1) is 15.5. The normalized spacial score (nSPS) is 22.5. The summed E-state index contributed by atoms with van der Waals surface area (Å²) in [6.45, 7) is 1.56. The molecule has 0 spiro atoms. The van der Waals surface area contributed by atoms with E-state index in [0.717, 1.165) is 38.7 Å². The second kappa shape index (κ2) is 6.78. The minimum absolute atomic E-state index is 0.0188. The van der Waals surface area contributed by atoms with E-state index in [1.165, 1.54) is 18.9 Å². The Balaban J connectivity index is 1.43. The Kier molecular flexibility index (Phi) is 4.77. The zero-order chi connectivity index (χ0) is 15.4. The number of hydrogen-bond acceptors (Lipinski definition) is 2. The van der Waals surface area contributed by atoms with Gasteiger partial charge in [0.15, 0.2) is 0 Å². The van der Waals surface area contributed by atoms with Crippen LogP contribution in [0.1, 0.15) is 50.5 Å². The number of carbonyl (C=O) groups is 1. The molecule has 1 atom stereocenters. The van der Waals surface area contributed by atoms with Gasteiger partial charge in [-0.3, -0.25) is 4.79 Å². The van der Waals surface area contributed by atoms with E-state index in [1.54, 1.807) is 18.2 Å². The fourth-order valence-electron chi connectivity index (χ4n) is 3.33. The van der Waals surface area contributed by atoms with Crippen LogP contribution in [0, 0.1) is 5.82 Å². The molecule has 1 N–H and O–H groups in total. The molecule has 1 saturated heterocycles. The standard InChI is InChI=1S/C18H24FNO2/c19-16-9-2-1-8-15(16)18(10-11-18)17(21)20-12-4-3-6-14-7-5-13-22-14/h1-2,8-9,14H,3-7,10-13H2,(H,20,21). The summed E-state index contributed by atoms with van der Waals surface area (Å²) < 4.78 is 19.5. The molecule has 120 valence electrons. The smallest absolute Gasteiger partial charge is 0.230 e. The van der Waals surface area contributed by atoms with Gasteiger partial charge >= 0.3 is 0 Å². The Morgan fingerprint density at radius 1 is 1.32 bits per heavy atom. The average Bonchev–Trinajstić information content (AvgIpc) is 3.17. The first-order chi connectivity index (χ1) is 10.7. The highest BCUT2D eigenvalue weighted by Gasteiger charge is 2.52. The van der Waals surface area contributed by atoms with Gasteiger partial charge in [0.05, 0.1) is 11.5 Å². The maximum absolute atomic E-state index is 13.9. The Hall–Kier alpha value is -1.42. The van der Waals surface area contributed by atoms with E-state index in [0.29, 0.717) is 18.2 Å². The second-order valence-electron chi connectivity index (χ2n) is 6.45. The van der Waals surface area contributed by atoms with Crippen molar-refractivity contribution in [1.29, 1.82) is 0 Å². The fourth-order valence-corrected chi connectivity index (χ4v) is 3.33. The number of unbranched alkanes of at least 4 members (excludes halogenated alkanes) is 1. The maximum Gasteiger partial charge on any atom is 0.230 e. The van der Waals surface area contributed by atoms with Crippen molar-refractivity contribution in [2.75, 3.05) is 13.2 Å². The SMILES string of the molecule is O=C(NCCCCC1CCCO1)C1(c2ccccc2F)CC1. The van der Waals surface area contributed by atoms with Gasteiger partial charge in [-0.2, -0.15) is 0 Å². The summed E-state index contributed by atoms with van der Waals surface area (Å²) in [7, 11) is 0. The molecule has 4 heteroatoms. The number of ether oxygens (including phenoxy) is 1. The number of benzene rings is 1. The summed E-state index contributed by atoms with van der Waals surface area (Å²) in [5, 5.41) is 2.99. The summed E-state index contributed by atoms with van der Waals surface area (Å²) >= 11 is 0. The lowest BCUT2D eigenvalue weighted by atomic mass is 9.94. The third kappa shape index (κ3) is 3.32. The van der Waals surface area contributed by atoms with E-state index in [1.807, 2.05) is 0 Å². The largest absolute Gasteiger partial charge is 0.378 e. The lowest BCUT2D eigenvalue weighted by molar-refractivity contribution is -0.123. The van der Waals surface area contributed by atoms with Crippen molar-refractivity contribution in [3.8, 4) is 0 Å². The molecule has 1 saturated carbocycles. The highest BCUT2D eigenvalue weighted by molar-refractivity contribution is 5.91. The Morgan fingerprint density at radius 3 is 2.82 bits per heavy atom. The highest BCUT2D eigenvalue weighted by Crippen LogP contribution is 2.49. The lowest BCUT2D eigenvalue weighted by Gasteiger charge is -2.16. The van der Waals surface area contributed by atoms with E-state index in [-0.39, 0.29) is 11.7 Å². The van der Waals surface area contributed by atoms with Crippen LogP contribution in [0.15, 0.2) is 24.3 Å². The Bertz CT molecular complexity index is 522. The molecular formula is C18H24FNO2. The zero-order valence-electron chi connectivity index (χ0n) is 12.9. The van der Waals surface area contributed by atoms with Crippen LogP contribution in [-0.4, -0.2) is 25.2 Å². The van der Waals surface area contributed by atoms with Crippen molar-refractivity contribution in [3.05, 3.63) is 35.6 Å². The summed E-state index contributed by atoms with van der Waals surface area (Å²) in [6.07, 6.45) is 7.36. The number of carbonyl (C=O) groups excluding carboxylic acids is 1. The van der Waals surface area contributed by atoms with E-state index in [2.05, 4.69) is 5.32 Å². The lowest BCUT2D eigenvalue weighted by Crippen LogP contribution is -2.35. The zero-order valence-corrected chi connectivity index (χ0v) is 12.9. The van der Waals surface area contributed by atoms with Gasteiger partial charge in [-0.05, 0) is 51.0 Å². The molecule has 1 aromatic rings. The van der Waals surface area contributed by atoms with Crippen LogP contribution in [-0.2, 0) is 14.9 Å². The van der Waals surface area contributed by atoms with Crippen molar-refractivity contribution in [2.45, 2.75) is 56.5 Å². The number of rotatable bonds is 7. The van der Waals surface area contributed by atoms with Crippen LogP contribution in [0.3, 0.4) is 0 Å². The molecule has 1 heterocycles. The summed E-state index contributed by atoms with van der Waals surface area (Å²) in [4.78, 5) is 12.4. The number of hydrogen-bond donors (Lipinski definition) is 1. The van der Waals surface area contributed by atoms with Gasteiger partial charge in [-0.1, -0.05) is 18.2 Å². The molecule has 1 unspecified atom stereocenters. The van der Waals surface area contributed by atoms with Crippen LogP contribution < -0.4 is 5.32 Å². The van der Waals surface area contributed by atoms with Crippen LogP contribution in [0.25, 0.3) is 0 Å². The minimum Gasteiger partial charge on any atom is -0.378 e. The van der Waals surface area contributed by atoms with Gasteiger partial charge in [0, 0.05) is 18.7 Å². The molecule has 1 aliphatic carbocycles. The van der Waals surface area contributed by atoms with E-state index >= 15 is 0 Å². The Labute approximate surface area is 131 Å². The first-order valence-electron chi connectivity index (χ1n) is 8.37. The molecule has 0 bridgehead atoms. The minimum atomic E-state index is -0.611. The van der Waals surface area contributed by atoms with Crippen LogP contribution in [0.4, 0.5) is 4.39 Å². The molecule has 0 radical (unpaired) electrons. The van der Waals surface area contributed by atoms with Gasteiger partial charge in [0.2, 0.25) is 5.91 Å². The molecule has 3 nitrogen and oxygen atoms in total. The number of halogens is 1. The van der Waals surface area contributed by atoms with Crippen molar-refractivity contribution in [3.63, 3.8) is 0 Å². The van der Waals surface area contributed by atoms with Crippen LogP contribution in [0.5, 0.6) is 0 Å². The molecular weight excluding hydrogens is 281 g/mol. The van der Waals surface area contributed by atoms with Gasteiger partial charge in [0.25, 0.3) is 0 Å². The number of amides is 1. The van der Waals surface area contributed by atoms with Gasteiger partial charge in [0.1, 0.15) is 5.82 Å². The van der Waals surface area contributed by atoms with Crippen molar-refractivity contribution in [1.82, 2.24) is 5.32 Å². The van der Waals surface area contributed by atoms with Gasteiger partial charge < -0.3 is 10.1 Å². The predicted molar refractivity (Wildman–Crippen MR) is 83.1 cm³/mol. The topological polar surface area (TPSA) is 38.3 Å². The maximum atomic E-state index is 13.9. The molecule has 0 aromatic heterocycles.